The summed E-state index contributed by atoms with van der Waals surface area (Å²) in [5, 5.41) is 11.6. The number of benzene rings is 4. The Bertz CT molecular complexity index is 1670. The third kappa shape index (κ3) is 4.63. The number of hydrogen-bond acceptors (Lipinski definition) is 2. The van der Waals surface area contributed by atoms with Gasteiger partial charge in [-0.25, -0.2) is 0 Å². The minimum Gasteiger partial charge on any atom is -0.405 e. The van der Waals surface area contributed by atoms with Crippen LogP contribution in [0.15, 0.2) is 110 Å². The number of allylic oxidation sites excluding steroid dienone is 4. The van der Waals surface area contributed by atoms with Crippen LogP contribution in [0.2, 0.25) is 0 Å². The van der Waals surface area contributed by atoms with Gasteiger partial charge >= 0.3 is 0 Å². The second kappa shape index (κ2) is 11.0. The molecular formula is C36H30N2. The van der Waals surface area contributed by atoms with Crippen LogP contribution >= 0.6 is 0 Å². The van der Waals surface area contributed by atoms with Crippen molar-refractivity contribution < 1.29 is 0 Å². The van der Waals surface area contributed by atoms with Crippen molar-refractivity contribution in [2.24, 2.45) is 5.73 Å². The first-order chi connectivity index (χ1) is 18.7. The molecule has 0 saturated heterocycles. The molecule has 1 aliphatic carbocycles. The van der Waals surface area contributed by atoms with Gasteiger partial charge < -0.3 is 5.73 Å². The molecular weight excluding hydrogens is 460 g/mol. The average Bonchev–Trinajstić information content (AvgIpc) is 2.98. The second-order valence-electron chi connectivity index (χ2n) is 9.42. The molecule has 0 heterocycles. The first-order valence-corrected chi connectivity index (χ1v) is 12.9. The molecule has 0 saturated carbocycles. The number of fused-ring (bicyclic) bond motifs is 2. The highest BCUT2D eigenvalue weighted by Crippen LogP contribution is 2.43. The van der Waals surface area contributed by atoms with Crippen LogP contribution < -0.4 is 5.73 Å². The van der Waals surface area contributed by atoms with Gasteiger partial charge in [0.25, 0.3) is 0 Å². The number of nitrogens with two attached hydrogens (primary N) is 1. The fourth-order valence-electron chi connectivity index (χ4n) is 5.40. The third-order valence-corrected chi connectivity index (χ3v) is 7.22. The summed E-state index contributed by atoms with van der Waals surface area (Å²) in [6, 6.07) is 26.1. The molecule has 4 aromatic rings. The Kier molecular flexibility index (Phi) is 7.20. The molecule has 2 heteroatoms. The summed E-state index contributed by atoms with van der Waals surface area (Å²) in [7, 11) is 0. The van der Waals surface area contributed by atoms with Gasteiger partial charge in [-0.1, -0.05) is 104 Å². The molecule has 2 nitrogen and oxygen atoms in total. The highest BCUT2D eigenvalue weighted by molar-refractivity contribution is 6.11. The largest absolute Gasteiger partial charge is 0.405 e. The van der Waals surface area contributed by atoms with Crippen LogP contribution in [0.3, 0.4) is 0 Å². The molecule has 0 radical (unpaired) electrons. The predicted molar refractivity (Wildman–Crippen MR) is 163 cm³/mol. The van der Waals surface area contributed by atoms with Crippen molar-refractivity contribution in [2.45, 2.75) is 19.3 Å². The Balaban J connectivity index is 1.67. The Morgan fingerprint density at radius 3 is 2.18 bits per heavy atom. The van der Waals surface area contributed by atoms with Crippen molar-refractivity contribution >= 4 is 29.0 Å². The molecule has 38 heavy (non-hydrogen) atoms. The zero-order valence-corrected chi connectivity index (χ0v) is 21.5. The zero-order chi connectivity index (χ0) is 26.5. The van der Waals surface area contributed by atoms with Crippen LogP contribution in [0.1, 0.15) is 34.2 Å². The molecule has 2 N–H and O–H groups in total. The van der Waals surface area contributed by atoms with Gasteiger partial charge in [-0.2, -0.15) is 5.26 Å². The Morgan fingerprint density at radius 1 is 0.895 bits per heavy atom. The van der Waals surface area contributed by atoms with Crippen molar-refractivity contribution in [2.75, 3.05) is 0 Å². The van der Waals surface area contributed by atoms with Gasteiger partial charge in [-0.15, -0.1) is 0 Å². The lowest BCUT2D eigenvalue weighted by Gasteiger charge is -2.21. The summed E-state index contributed by atoms with van der Waals surface area (Å²) in [5.74, 6) is 0. The molecule has 184 valence electrons. The molecule has 0 bridgehead atoms. The average molecular weight is 491 g/mol. The third-order valence-electron chi connectivity index (χ3n) is 7.22. The van der Waals surface area contributed by atoms with Crippen LogP contribution in [0.4, 0.5) is 0 Å². The molecule has 0 atom stereocenters. The normalized spacial score (nSPS) is 12.9. The van der Waals surface area contributed by atoms with Crippen molar-refractivity contribution in [1.29, 1.82) is 5.26 Å². The van der Waals surface area contributed by atoms with Gasteiger partial charge in [0.1, 0.15) is 0 Å². The van der Waals surface area contributed by atoms with Crippen molar-refractivity contribution in [3.05, 3.63) is 138 Å². The predicted octanol–water partition coefficient (Wildman–Crippen LogP) is 8.88. The molecule has 0 aromatic heterocycles. The van der Waals surface area contributed by atoms with E-state index in [-0.39, 0.29) is 0 Å². The van der Waals surface area contributed by atoms with E-state index in [1.807, 2.05) is 18.2 Å². The number of nitriles is 1. The Hall–Kier alpha value is -4.87. The zero-order valence-electron chi connectivity index (χ0n) is 21.5. The lowest BCUT2D eigenvalue weighted by molar-refractivity contribution is 0.986. The number of rotatable bonds is 7. The van der Waals surface area contributed by atoms with E-state index in [0.29, 0.717) is 12.0 Å². The van der Waals surface area contributed by atoms with Crippen LogP contribution in [0, 0.1) is 11.3 Å². The maximum absolute atomic E-state index is 9.25. The quantitative estimate of drug-likeness (QED) is 0.208. The molecule has 0 amide bonds. The number of nitrogens with zero attached hydrogens (tertiary/aromatic N) is 1. The van der Waals surface area contributed by atoms with E-state index in [4.69, 9.17) is 5.73 Å². The van der Waals surface area contributed by atoms with Gasteiger partial charge in [0.2, 0.25) is 0 Å². The monoisotopic (exact) mass is 490 g/mol. The first-order valence-electron chi connectivity index (χ1n) is 12.9. The fourth-order valence-corrected chi connectivity index (χ4v) is 5.40. The Labute approximate surface area is 225 Å². The van der Waals surface area contributed by atoms with Gasteiger partial charge in [0, 0.05) is 5.57 Å². The molecule has 0 aliphatic heterocycles. The maximum atomic E-state index is 9.25. The van der Waals surface area contributed by atoms with E-state index >= 15 is 0 Å². The van der Waals surface area contributed by atoms with Crippen LogP contribution in [-0.2, 0) is 12.8 Å². The molecule has 0 unspecified atom stereocenters. The molecule has 0 fully saturated rings. The van der Waals surface area contributed by atoms with E-state index in [1.54, 1.807) is 6.08 Å². The lowest BCUT2D eigenvalue weighted by Crippen LogP contribution is -1.98. The Morgan fingerprint density at radius 2 is 1.55 bits per heavy atom. The topological polar surface area (TPSA) is 49.8 Å². The second-order valence-corrected chi connectivity index (χ2v) is 9.42. The van der Waals surface area contributed by atoms with Gasteiger partial charge in [0.05, 0.1) is 6.07 Å². The summed E-state index contributed by atoms with van der Waals surface area (Å²) >= 11 is 0. The van der Waals surface area contributed by atoms with E-state index in [9.17, 15) is 5.26 Å². The van der Waals surface area contributed by atoms with E-state index in [1.165, 1.54) is 39.2 Å². The van der Waals surface area contributed by atoms with Gasteiger partial charge in [-0.3, -0.25) is 0 Å². The van der Waals surface area contributed by atoms with E-state index in [2.05, 4.69) is 98.1 Å². The van der Waals surface area contributed by atoms with E-state index in [0.717, 1.165) is 40.7 Å². The van der Waals surface area contributed by atoms with Crippen LogP contribution in [0.5, 0.6) is 0 Å². The summed E-state index contributed by atoms with van der Waals surface area (Å²) in [4.78, 5) is 0. The standard InChI is InChI=1S/C36H30N2/c1-3-31-32(4-2)36(30-20-19-27-9-5-6-10-29(27)23-30)34-12-8-7-11-33(34)35(31)28-17-15-25(16-18-28)13-14-26(24-38)21-22-37/h3-4,6-8,10-12,14-23H,1-2,5,9,13,37H2/b22-21-,26-14+. The number of hydrogen-bond donors (Lipinski definition) is 1. The summed E-state index contributed by atoms with van der Waals surface area (Å²) < 4.78 is 0. The van der Waals surface area contributed by atoms with Gasteiger partial charge in [-0.05, 0) is 98.4 Å². The summed E-state index contributed by atoms with van der Waals surface area (Å²) in [5.41, 5.74) is 16.6. The summed E-state index contributed by atoms with van der Waals surface area (Å²) in [6.07, 6.45) is 16.2. The minimum absolute atomic E-state index is 0.556. The highest BCUT2D eigenvalue weighted by Gasteiger charge is 2.19. The minimum atomic E-state index is 0.556. The van der Waals surface area contributed by atoms with Crippen LogP contribution in [0.25, 0.3) is 51.3 Å². The molecule has 0 spiro atoms. The van der Waals surface area contributed by atoms with Crippen molar-refractivity contribution in [1.82, 2.24) is 0 Å². The molecule has 1 aliphatic rings. The van der Waals surface area contributed by atoms with Crippen molar-refractivity contribution in [3.8, 4) is 28.3 Å². The van der Waals surface area contributed by atoms with Crippen molar-refractivity contribution in [3.63, 3.8) is 0 Å². The summed E-state index contributed by atoms with van der Waals surface area (Å²) in [6.45, 7) is 8.44. The first kappa shape index (κ1) is 24.8. The SMILES string of the molecule is C=Cc1c(C=C)c(-c2ccc3c(c2)C=CCC3)c2ccccc2c1-c1ccc(C/C=C(C#N)\C=C/N)cc1. The smallest absolute Gasteiger partial charge is 0.0988 e. The maximum Gasteiger partial charge on any atom is 0.0988 e. The highest BCUT2D eigenvalue weighted by atomic mass is 14.5. The van der Waals surface area contributed by atoms with Gasteiger partial charge in [0.15, 0.2) is 0 Å². The molecule has 5 rings (SSSR count). The number of aryl methyl sites for hydroxylation is 1. The lowest BCUT2D eigenvalue weighted by atomic mass is 9.82. The van der Waals surface area contributed by atoms with Crippen LogP contribution in [-0.4, -0.2) is 0 Å². The van der Waals surface area contributed by atoms with E-state index < -0.39 is 0 Å². The molecule has 4 aromatic carbocycles. The fraction of sp³-hybridized carbons (Fsp3) is 0.0833.